The molecule has 0 aliphatic carbocycles. The summed E-state index contributed by atoms with van der Waals surface area (Å²) in [6.45, 7) is 4.57. The summed E-state index contributed by atoms with van der Waals surface area (Å²) in [5.74, 6) is -0.197. The molecule has 2 atom stereocenters. The van der Waals surface area contributed by atoms with E-state index in [1.54, 1.807) is 12.1 Å². The molecular weight excluding hydrogens is 231 g/mol. The highest BCUT2D eigenvalue weighted by Crippen LogP contribution is 2.18. The number of para-hydroxylation sites is 1. The molecular formula is C14H21FN2O. The second kappa shape index (κ2) is 6.16. The van der Waals surface area contributed by atoms with Crippen molar-refractivity contribution < 1.29 is 9.13 Å². The molecule has 1 aliphatic heterocycles. The van der Waals surface area contributed by atoms with Crippen molar-refractivity contribution in [2.24, 2.45) is 0 Å². The first-order valence-corrected chi connectivity index (χ1v) is 6.48. The number of nitrogens with one attached hydrogen (secondary N) is 1. The van der Waals surface area contributed by atoms with Crippen LogP contribution in [0.1, 0.15) is 13.3 Å². The van der Waals surface area contributed by atoms with Crippen LogP contribution < -0.4 is 5.32 Å². The Morgan fingerprint density at radius 1 is 1.44 bits per heavy atom. The van der Waals surface area contributed by atoms with Gasteiger partial charge in [0, 0.05) is 25.7 Å². The number of halogens is 1. The lowest BCUT2D eigenvalue weighted by Gasteiger charge is -2.26. The maximum absolute atomic E-state index is 13.4. The fourth-order valence-electron chi connectivity index (χ4n) is 2.44. The Morgan fingerprint density at radius 2 is 2.22 bits per heavy atom. The van der Waals surface area contributed by atoms with Gasteiger partial charge in [-0.3, -0.25) is 4.90 Å². The van der Waals surface area contributed by atoms with Gasteiger partial charge in [-0.15, -0.1) is 0 Å². The number of hydrogen-bond donors (Lipinski definition) is 1. The second-order valence-electron chi connectivity index (χ2n) is 4.82. The van der Waals surface area contributed by atoms with Crippen molar-refractivity contribution >= 4 is 5.69 Å². The molecule has 3 nitrogen and oxygen atoms in total. The molecule has 1 heterocycles. The molecule has 0 aromatic heterocycles. The maximum atomic E-state index is 13.4. The minimum atomic E-state index is -0.197. The standard InChI is InChI=1S/C14H21FN2O/c1-11-14(7-10-18-11)17(2)9-8-16-13-6-4-3-5-12(13)15/h3-6,11,14,16H,7-10H2,1-2H3. The average Bonchev–Trinajstić information content (AvgIpc) is 2.78. The fraction of sp³-hybridized carbons (Fsp3) is 0.571. The Kier molecular flexibility index (Phi) is 4.55. The topological polar surface area (TPSA) is 24.5 Å². The monoisotopic (exact) mass is 252 g/mol. The number of rotatable bonds is 5. The lowest BCUT2D eigenvalue weighted by Crippen LogP contribution is -2.39. The van der Waals surface area contributed by atoms with Crippen LogP contribution in [0.15, 0.2) is 24.3 Å². The van der Waals surface area contributed by atoms with E-state index in [4.69, 9.17) is 4.74 Å². The minimum absolute atomic E-state index is 0.197. The minimum Gasteiger partial charge on any atom is -0.381 e. The summed E-state index contributed by atoms with van der Waals surface area (Å²) in [6.07, 6.45) is 1.38. The summed E-state index contributed by atoms with van der Waals surface area (Å²) in [5.41, 5.74) is 0.571. The van der Waals surface area contributed by atoms with Gasteiger partial charge in [-0.05, 0) is 32.5 Å². The normalized spacial score (nSPS) is 23.6. The van der Waals surface area contributed by atoms with Crippen LogP contribution in [0, 0.1) is 5.82 Å². The molecule has 2 rings (SSSR count). The number of hydrogen-bond acceptors (Lipinski definition) is 3. The van der Waals surface area contributed by atoms with E-state index in [9.17, 15) is 4.39 Å². The summed E-state index contributed by atoms with van der Waals surface area (Å²) < 4.78 is 18.9. The van der Waals surface area contributed by atoms with Crippen molar-refractivity contribution in [3.63, 3.8) is 0 Å². The van der Waals surface area contributed by atoms with E-state index in [1.807, 2.05) is 6.07 Å². The van der Waals surface area contributed by atoms with E-state index in [0.717, 1.165) is 26.1 Å². The molecule has 1 aromatic rings. The number of anilines is 1. The van der Waals surface area contributed by atoms with Gasteiger partial charge in [0.15, 0.2) is 0 Å². The van der Waals surface area contributed by atoms with Gasteiger partial charge in [-0.25, -0.2) is 4.39 Å². The highest BCUT2D eigenvalue weighted by atomic mass is 19.1. The predicted octanol–water partition coefficient (Wildman–Crippen LogP) is 2.35. The smallest absolute Gasteiger partial charge is 0.146 e. The van der Waals surface area contributed by atoms with Gasteiger partial charge in [0.2, 0.25) is 0 Å². The molecule has 0 saturated carbocycles. The fourth-order valence-corrected chi connectivity index (χ4v) is 2.44. The molecule has 1 fully saturated rings. The predicted molar refractivity (Wildman–Crippen MR) is 71.3 cm³/mol. The molecule has 0 spiro atoms. The molecule has 1 aromatic carbocycles. The highest BCUT2D eigenvalue weighted by molar-refractivity contribution is 5.44. The first-order valence-electron chi connectivity index (χ1n) is 6.48. The van der Waals surface area contributed by atoms with Gasteiger partial charge < -0.3 is 10.1 Å². The van der Waals surface area contributed by atoms with E-state index >= 15 is 0 Å². The third kappa shape index (κ3) is 3.21. The van der Waals surface area contributed by atoms with E-state index in [1.165, 1.54) is 6.07 Å². The Bertz CT molecular complexity index is 386. The van der Waals surface area contributed by atoms with E-state index in [-0.39, 0.29) is 5.82 Å². The van der Waals surface area contributed by atoms with Gasteiger partial charge in [-0.1, -0.05) is 12.1 Å². The van der Waals surface area contributed by atoms with Gasteiger partial charge in [0.05, 0.1) is 11.8 Å². The van der Waals surface area contributed by atoms with Gasteiger partial charge in [0.25, 0.3) is 0 Å². The first-order chi connectivity index (χ1) is 8.68. The van der Waals surface area contributed by atoms with Crippen molar-refractivity contribution in [3.8, 4) is 0 Å². The number of ether oxygens (including phenoxy) is 1. The molecule has 18 heavy (non-hydrogen) atoms. The van der Waals surface area contributed by atoms with Gasteiger partial charge in [0.1, 0.15) is 5.82 Å². The van der Waals surface area contributed by atoms with Crippen molar-refractivity contribution in [2.45, 2.75) is 25.5 Å². The van der Waals surface area contributed by atoms with Crippen LogP contribution in [0.3, 0.4) is 0 Å². The Balaban J connectivity index is 1.77. The zero-order chi connectivity index (χ0) is 13.0. The molecule has 100 valence electrons. The average molecular weight is 252 g/mol. The van der Waals surface area contributed by atoms with Crippen LogP contribution in [-0.4, -0.2) is 43.8 Å². The van der Waals surface area contributed by atoms with Gasteiger partial charge in [-0.2, -0.15) is 0 Å². The molecule has 1 aliphatic rings. The SMILES string of the molecule is CC1OCCC1N(C)CCNc1ccccc1F. The number of likely N-dealkylation sites (N-methyl/N-ethyl adjacent to an activating group) is 1. The lowest BCUT2D eigenvalue weighted by atomic mass is 10.1. The summed E-state index contributed by atoms with van der Waals surface area (Å²) in [5, 5.41) is 3.12. The molecule has 2 unspecified atom stereocenters. The molecule has 0 radical (unpaired) electrons. The van der Waals surface area contributed by atoms with E-state index in [0.29, 0.717) is 17.8 Å². The van der Waals surface area contributed by atoms with Gasteiger partial charge >= 0.3 is 0 Å². The zero-order valence-electron chi connectivity index (χ0n) is 11.0. The van der Waals surface area contributed by atoms with E-state index in [2.05, 4.69) is 24.2 Å². The second-order valence-corrected chi connectivity index (χ2v) is 4.82. The summed E-state index contributed by atoms with van der Waals surface area (Å²) in [4.78, 5) is 2.28. The number of benzene rings is 1. The highest BCUT2D eigenvalue weighted by Gasteiger charge is 2.27. The van der Waals surface area contributed by atoms with Crippen molar-refractivity contribution in [2.75, 3.05) is 32.1 Å². The van der Waals surface area contributed by atoms with Crippen LogP contribution in [0.4, 0.5) is 10.1 Å². The summed E-state index contributed by atoms with van der Waals surface area (Å²) in [6, 6.07) is 7.24. The van der Waals surface area contributed by atoms with Crippen LogP contribution >= 0.6 is 0 Å². The van der Waals surface area contributed by atoms with Crippen molar-refractivity contribution in [1.29, 1.82) is 0 Å². The molecule has 1 saturated heterocycles. The van der Waals surface area contributed by atoms with Crippen LogP contribution in [0.5, 0.6) is 0 Å². The Labute approximate surface area is 108 Å². The van der Waals surface area contributed by atoms with Crippen LogP contribution in [-0.2, 0) is 4.74 Å². The lowest BCUT2D eigenvalue weighted by molar-refractivity contribution is 0.0850. The molecule has 0 bridgehead atoms. The Morgan fingerprint density at radius 3 is 2.89 bits per heavy atom. The molecule has 4 heteroatoms. The third-order valence-corrected chi connectivity index (χ3v) is 3.56. The zero-order valence-corrected chi connectivity index (χ0v) is 11.0. The third-order valence-electron chi connectivity index (χ3n) is 3.56. The quantitative estimate of drug-likeness (QED) is 0.870. The largest absolute Gasteiger partial charge is 0.381 e. The number of nitrogens with zero attached hydrogens (tertiary/aromatic N) is 1. The maximum Gasteiger partial charge on any atom is 0.146 e. The summed E-state index contributed by atoms with van der Waals surface area (Å²) >= 11 is 0. The van der Waals surface area contributed by atoms with Crippen LogP contribution in [0.2, 0.25) is 0 Å². The van der Waals surface area contributed by atoms with Crippen molar-refractivity contribution in [3.05, 3.63) is 30.1 Å². The van der Waals surface area contributed by atoms with Crippen LogP contribution in [0.25, 0.3) is 0 Å². The molecule has 1 N–H and O–H groups in total. The Hall–Kier alpha value is -1.13. The van der Waals surface area contributed by atoms with Crippen molar-refractivity contribution in [1.82, 2.24) is 4.90 Å². The first kappa shape index (κ1) is 13.3. The van der Waals surface area contributed by atoms with E-state index < -0.39 is 0 Å². The molecule has 0 amide bonds. The summed E-state index contributed by atoms with van der Waals surface area (Å²) in [7, 11) is 2.10.